The minimum atomic E-state index is 0.124. The molecule has 3 nitrogen and oxygen atoms in total. The monoisotopic (exact) mass is 378 g/mol. The summed E-state index contributed by atoms with van der Waals surface area (Å²) in [5.74, 6) is 0.124. The number of carbonyl (C=O) groups excluding carboxylic acids is 1. The maximum atomic E-state index is 12.8. The number of aromatic nitrogens is 1. The summed E-state index contributed by atoms with van der Waals surface area (Å²) in [5, 5.41) is 2.97. The number of carbonyl (C=O) groups is 1. The minimum Gasteiger partial charge on any atom is -0.342 e. The maximum Gasteiger partial charge on any atom is 0.228 e. The average molecular weight is 379 g/mol. The minimum absolute atomic E-state index is 0.124. The molecule has 0 bridgehead atoms. The van der Waals surface area contributed by atoms with Crippen molar-refractivity contribution in [1.29, 1.82) is 0 Å². The lowest BCUT2D eigenvalue weighted by Gasteiger charge is -2.27. The molecule has 3 rings (SSSR count). The van der Waals surface area contributed by atoms with Crippen molar-refractivity contribution in [2.24, 2.45) is 0 Å². The molecule has 1 amide bonds. The van der Waals surface area contributed by atoms with E-state index < -0.39 is 0 Å². The highest BCUT2D eigenvalue weighted by molar-refractivity contribution is 7.13. The van der Waals surface area contributed by atoms with Crippen LogP contribution in [0.25, 0.3) is 10.6 Å². The molecule has 0 fully saturated rings. The van der Waals surface area contributed by atoms with E-state index in [0.717, 1.165) is 29.1 Å². The first-order chi connectivity index (χ1) is 13.1. The Labute approximate surface area is 165 Å². The van der Waals surface area contributed by atoms with Gasteiger partial charge >= 0.3 is 0 Å². The van der Waals surface area contributed by atoms with Gasteiger partial charge in [0.15, 0.2) is 0 Å². The average Bonchev–Trinajstić information content (AvgIpc) is 3.15. The first-order valence-corrected chi connectivity index (χ1v) is 10.3. The fraction of sp³-hybridized carbons (Fsp3) is 0.304. The quantitative estimate of drug-likeness (QED) is 0.570. The predicted octanol–water partition coefficient (Wildman–Crippen LogP) is 5.14. The standard InChI is InChI=1S/C23H26N2OS/c1-4-21(14-18-8-6-5-7-9-18)25(3)22(26)15-20-16-27-23(24-20)19-12-10-17(2)11-13-19/h5-13,16,21H,4,14-15H2,1-3H3/t21-/m0/s1. The van der Waals surface area contributed by atoms with E-state index in [-0.39, 0.29) is 11.9 Å². The van der Waals surface area contributed by atoms with Crippen LogP contribution in [0.5, 0.6) is 0 Å². The fourth-order valence-corrected chi connectivity index (χ4v) is 3.97. The van der Waals surface area contributed by atoms with Gasteiger partial charge in [-0.05, 0) is 25.3 Å². The third-order valence-corrected chi connectivity index (χ3v) is 5.85. The van der Waals surface area contributed by atoms with Gasteiger partial charge in [-0.15, -0.1) is 11.3 Å². The summed E-state index contributed by atoms with van der Waals surface area (Å²) in [6.45, 7) is 4.21. The van der Waals surface area contributed by atoms with Gasteiger partial charge in [0.2, 0.25) is 5.91 Å². The third kappa shape index (κ3) is 5.04. The van der Waals surface area contributed by atoms with Crippen molar-refractivity contribution in [2.75, 3.05) is 7.05 Å². The van der Waals surface area contributed by atoms with E-state index in [1.807, 2.05) is 35.5 Å². The zero-order chi connectivity index (χ0) is 19.2. The van der Waals surface area contributed by atoms with Crippen molar-refractivity contribution in [3.05, 3.63) is 76.8 Å². The van der Waals surface area contributed by atoms with Gasteiger partial charge in [0, 0.05) is 24.0 Å². The van der Waals surface area contributed by atoms with Gasteiger partial charge in [-0.25, -0.2) is 4.98 Å². The van der Waals surface area contributed by atoms with Crippen LogP contribution in [0.3, 0.4) is 0 Å². The van der Waals surface area contributed by atoms with Crippen LogP contribution in [0.4, 0.5) is 0 Å². The van der Waals surface area contributed by atoms with E-state index in [1.54, 1.807) is 11.3 Å². The van der Waals surface area contributed by atoms with Crippen LogP contribution >= 0.6 is 11.3 Å². The molecule has 1 aromatic heterocycles. The Hall–Kier alpha value is -2.46. The summed E-state index contributed by atoms with van der Waals surface area (Å²) in [6, 6.07) is 18.9. The Morgan fingerprint density at radius 2 is 1.81 bits per heavy atom. The smallest absolute Gasteiger partial charge is 0.228 e. The van der Waals surface area contributed by atoms with Gasteiger partial charge in [-0.1, -0.05) is 67.1 Å². The highest BCUT2D eigenvalue weighted by atomic mass is 32.1. The SMILES string of the molecule is CC[C@@H](Cc1ccccc1)N(C)C(=O)Cc1csc(-c2ccc(C)cc2)n1. The molecule has 0 spiro atoms. The highest BCUT2D eigenvalue weighted by Crippen LogP contribution is 2.24. The molecule has 0 aliphatic heterocycles. The molecule has 0 unspecified atom stereocenters. The lowest BCUT2D eigenvalue weighted by Crippen LogP contribution is -2.39. The number of aryl methyl sites for hydroxylation is 1. The number of nitrogens with zero attached hydrogens (tertiary/aromatic N) is 2. The number of amides is 1. The van der Waals surface area contributed by atoms with Crippen molar-refractivity contribution in [3.63, 3.8) is 0 Å². The number of likely N-dealkylation sites (N-methyl/N-ethyl adjacent to an activating group) is 1. The normalized spacial score (nSPS) is 12.0. The summed E-state index contributed by atoms with van der Waals surface area (Å²) in [7, 11) is 1.91. The van der Waals surface area contributed by atoms with Gasteiger partial charge < -0.3 is 4.90 Å². The van der Waals surface area contributed by atoms with Crippen molar-refractivity contribution >= 4 is 17.2 Å². The zero-order valence-electron chi connectivity index (χ0n) is 16.2. The molecular weight excluding hydrogens is 352 g/mol. The van der Waals surface area contributed by atoms with Gasteiger partial charge in [0.05, 0.1) is 12.1 Å². The Bertz CT molecular complexity index is 871. The molecule has 0 aliphatic carbocycles. The van der Waals surface area contributed by atoms with Crippen molar-refractivity contribution in [3.8, 4) is 10.6 Å². The van der Waals surface area contributed by atoms with Crippen molar-refractivity contribution in [1.82, 2.24) is 9.88 Å². The van der Waals surface area contributed by atoms with E-state index in [2.05, 4.69) is 55.2 Å². The van der Waals surface area contributed by atoms with Gasteiger partial charge in [0.25, 0.3) is 0 Å². The second-order valence-corrected chi connectivity index (χ2v) is 7.80. The van der Waals surface area contributed by atoms with E-state index >= 15 is 0 Å². The maximum absolute atomic E-state index is 12.8. The second-order valence-electron chi connectivity index (χ2n) is 6.94. The molecule has 0 N–H and O–H groups in total. The molecule has 0 saturated heterocycles. The summed E-state index contributed by atoms with van der Waals surface area (Å²) in [4.78, 5) is 19.3. The topological polar surface area (TPSA) is 33.2 Å². The van der Waals surface area contributed by atoms with Crippen LogP contribution in [0.2, 0.25) is 0 Å². The van der Waals surface area contributed by atoms with Crippen LogP contribution in [0, 0.1) is 6.92 Å². The van der Waals surface area contributed by atoms with Crippen molar-refractivity contribution < 1.29 is 4.79 Å². The highest BCUT2D eigenvalue weighted by Gasteiger charge is 2.20. The Kier molecular flexibility index (Phi) is 6.40. The first-order valence-electron chi connectivity index (χ1n) is 9.38. The van der Waals surface area contributed by atoms with Crippen LogP contribution in [0.1, 0.15) is 30.2 Å². The Morgan fingerprint density at radius 1 is 1.11 bits per heavy atom. The van der Waals surface area contributed by atoms with Gasteiger partial charge in [0.1, 0.15) is 5.01 Å². The van der Waals surface area contributed by atoms with E-state index in [1.165, 1.54) is 11.1 Å². The lowest BCUT2D eigenvalue weighted by molar-refractivity contribution is -0.131. The summed E-state index contributed by atoms with van der Waals surface area (Å²) < 4.78 is 0. The molecule has 140 valence electrons. The summed E-state index contributed by atoms with van der Waals surface area (Å²) >= 11 is 1.60. The van der Waals surface area contributed by atoms with Crippen LogP contribution < -0.4 is 0 Å². The number of hydrogen-bond donors (Lipinski definition) is 0. The van der Waals surface area contributed by atoms with Crippen LogP contribution in [0.15, 0.2) is 60.0 Å². The molecule has 3 aromatic rings. The lowest BCUT2D eigenvalue weighted by atomic mass is 10.0. The van der Waals surface area contributed by atoms with Crippen molar-refractivity contribution in [2.45, 2.75) is 39.2 Å². The Morgan fingerprint density at radius 3 is 2.48 bits per heavy atom. The van der Waals surface area contributed by atoms with Gasteiger partial charge in [-0.3, -0.25) is 4.79 Å². The molecule has 27 heavy (non-hydrogen) atoms. The van der Waals surface area contributed by atoms with Crippen LogP contribution in [-0.4, -0.2) is 28.9 Å². The summed E-state index contributed by atoms with van der Waals surface area (Å²) in [6.07, 6.45) is 2.16. The van der Waals surface area contributed by atoms with E-state index in [4.69, 9.17) is 0 Å². The second kappa shape index (κ2) is 8.96. The first kappa shape index (κ1) is 19.3. The van der Waals surface area contributed by atoms with Crippen LogP contribution in [-0.2, 0) is 17.6 Å². The van der Waals surface area contributed by atoms with E-state index in [0.29, 0.717) is 6.42 Å². The Balaban J connectivity index is 1.64. The molecule has 2 aromatic carbocycles. The fourth-order valence-electron chi connectivity index (χ4n) is 3.14. The zero-order valence-corrected chi connectivity index (χ0v) is 17.0. The molecule has 0 saturated carbocycles. The molecule has 0 aliphatic rings. The van der Waals surface area contributed by atoms with Gasteiger partial charge in [-0.2, -0.15) is 0 Å². The number of hydrogen-bond acceptors (Lipinski definition) is 3. The number of benzene rings is 2. The van der Waals surface area contributed by atoms with E-state index in [9.17, 15) is 4.79 Å². The molecule has 4 heteroatoms. The molecule has 0 radical (unpaired) electrons. The molecule has 1 atom stereocenters. The number of thiazole rings is 1. The summed E-state index contributed by atoms with van der Waals surface area (Å²) in [5.41, 5.74) is 4.45. The third-order valence-electron chi connectivity index (χ3n) is 4.91. The molecule has 1 heterocycles. The largest absolute Gasteiger partial charge is 0.342 e. The molecular formula is C23H26N2OS. The number of rotatable bonds is 7. The predicted molar refractivity (Wildman–Crippen MR) is 113 cm³/mol.